The Morgan fingerprint density at radius 2 is 2.12 bits per heavy atom. The zero-order valence-corrected chi connectivity index (χ0v) is 11.5. The zero-order valence-electron chi connectivity index (χ0n) is 11.5. The first kappa shape index (κ1) is 14.9. The molecular weight excluding hydrogens is 214 g/mol. The second-order valence-electron chi connectivity index (χ2n) is 5.65. The Morgan fingerprint density at radius 3 is 2.82 bits per heavy atom. The Labute approximate surface area is 106 Å². The van der Waals surface area contributed by atoms with Crippen LogP contribution < -0.4 is 5.32 Å². The Morgan fingerprint density at radius 1 is 1.29 bits per heavy atom. The van der Waals surface area contributed by atoms with Crippen LogP contribution in [-0.4, -0.2) is 37.5 Å². The summed E-state index contributed by atoms with van der Waals surface area (Å²) >= 11 is 0. The van der Waals surface area contributed by atoms with Crippen LogP contribution in [0.5, 0.6) is 0 Å². The number of rotatable bonds is 8. The maximum Gasteiger partial charge on any atom is 0.0698 e. The fourth-order valence-corrected chi connectivity index (χ4v) is 2.86. The molecule has 1 rings (SSSR count). The van der Waals surface area contributed by atoms with Gasteiger partial charge in [0.2, 0.25) is 0 Å². The molecule has 0 radical (unpaired) electrons. The number of aliphatic hydroxyl groups excluding tert-OH is 1. The highest BCUT2D eigenvalue weighted by Gasteiger charge is 2.21. The highest BCUT2D eigenvalue weighted by molar-refractivity contribution is 4.78. The average Bonchev–Trinajstić information content (AvgIpc) is 2.28. The maximum absolute atomic E-state index is 8.59. The van der Waals surface area contributed by atoms with Crippen molar-refractivity contribution in [2.75, 3.05) is 26.4 Å². The molecule has 17 heavy (non-hydrogen) atoms. The Balaban J connectivity index is 2.08. The van der Waals surface area contributed by atoms with Gasteiger partial charge < -0.3 is 15.2 Å². The predicted molar refractivity (Wildman–Crippen MR) is 71.1 cm³/mol. The molecule has 0 aliphatic heterocycles. The van der Waals surface area contributed by atoms with E-state index in [0.29, 0.717) is 19.3 Å². The lowest BCUT2D eigenvalue weighted by Crippen LogP contribution is -2.36. The number of nitrogens with one attached hydrogen (secondary N) is 1. The summed E-state index contributed by atoms with van der Waals surface area (Å²) in [7, 11) is 0. The first-order valence-corrected chi connectivity index (χ1v) is 7.14. The average molecular weight is 243 g/mol. The fourth-order valence-electron chi connectivity index (χ4n) is 2.86. The van der Waals surface area contributed by atoms with E-state index in [9.17, 15) is 0 Å². The van der Waals surface area contributed by atoms with Crippen molar-refractivity contribution >= 4 is 0 Å². The van der Waals surface area contributed by atoms with Crippen molar-refractivity contribution in [1.82, 2.24) is 5.32 Å². The molecule has 1 saturated carbocycles. The van der Waals surface area contributed by atoms with E-state index in [1.807, 2.05) is 0 Å². The molecule has 102 valence electrons. The van der Waals surface area contributed by atoms with Crippen molar-refractivity contribution < 1.29 is 9.84 Å². The smallest absolute Gasteiger partial charge is 0.0698 e. The third-order valence-electron chi connectivity index (χ3n) is 3.50. The molecule has 3 heteroatoms. The van der Waals surface area contributed by atoms with Crippen molar-refractivity contribution in [3.63, 3.8) is 0 Å². The van der Waals surface area contributed by atoms with Crippen LogP contribution in [0, 0.1) is 11.8 Å². The summed E-state index contributed by atoms with van der Waals surface area (Å²) in [6.45, 7) is 6.85. The zero-order chi connectivity index (χ0) is 12.5. The predicted octanol–water partition coefficient (Wildman–Crippen LogP) is 2.19. The van der Waals surface area contributed by atoms with Gasteiger partial charge in [-0.15, -0.1) is 0 Å². The van der Waals surface area contributed by atoms with E-state index in [2.05, 4.69) is 19.2 Å². The second kappa shape index (κ2) is 8.90. The molecule has 0 spiro atoms. The van der Waals surface area contributed by atoms with Crippen LogP contribution in [0.1, 0.15) is 46.0 Å². The molecule has 0 aromatic rings. The van der Waals surface area contributed by atoms with E-state index in [1.165, 1.54) is 32.1 Å². The first-order chi connectivity index (χ1) is 8.22. The largest absolute Gasteiger partial charge is 0.394 e. The van der Waals surface area contributed by atoms with Gasteiger partial charge >= 0.3 is 0 Å². The van der Waals surface area contributed by atoms with Crippen LogP contribution in [0.2, 0.25) is 0 Å². The van der Waals surface area contributed by atoms with Crippen LogP contribution in [0.25, 0.3) is 0 Å². The molecule has 0 aromatic heterocycles. The minimum atomic E-state index is 0.125. The quantitative estimate of drug-likeness (QED) is 0.642. The van der Waals surface area contributed by atoms with Crippen molar-refractivity contribution in [1.29, 1.82) is 0 Å². The van der Waals surface area contributed by atoms with E-state index in [4.69, 9.17) is 9.84 Å². The normalized spacial score (nSPS) is 25.4. The highest BCUT2D eigenvalue weighted by Crippen LogP contribution is 2.29. The molecule has 0 amide bonds. The summed E-state index contributed by atoms with van der Waals surface area (Å²) in [5, 5.41) is 12.2. The van der Waals surface area contributed by atoms with Gasteiger partial charge in [0.1, 0.15) is 0 Å². The van der Waals surface area contributed by atoms with Crippen molar-refractivity contribution in [3.8, 4) is 0 Å². The van der Waals surface area contributed by atoms with E-state index >= 15 is 0 Å². The van der Waals surface area contributed by atoms with Crippen LogP contribution in [-0.2, 0) is 4.74 Å². The molecule has 1 fully saturated rings. The lowest BCUT2D eigenvalue weighted by molar-refractivity contribution is 0.0908. The Hall–Kier alpha value is -0.120. The molecule has 0 bridgehead atoms. The molecule has 3 nitrogen and oxygen atoms in total. The van der Waals surface area contributed by atoms with Crippen molar-refractivity contribution in [2.24, 2.45) is 11.8 Å². The summed E-state index contributed by atoms with van der Waals surface area (Å²) in [5.74, 6) is 1.74. The fraction of sp³-hybridized carbons (Fsp3) is 1.00. The van der Waals surface area contributed by atoms with Crippen LogP contribution in [0.15, 0.2) is 0 Å². The molecule has 2 atom stereocenters. The molecular formula is C14H29NO2. The van der Waals surface area contributed by atoms with Gasteiger partial charge in [0.15, 0.2) is 0 Å². The summed E-state index contributed by atoms with van der Waals surface area (Å²) in [6, 6.07) is 0.685. The molecule has 1 aliphatic rings. The minimum absolute atomic E-state index is 0.125. The molecule has 0 saturated heterocycles. The van der Waals surface area contributed by atoms with Gasteiger partial charge in [-0.1, -0.05) is 26.7 Å². The standard InChI is InChI=1S/C14H29NO2/c1-12(2)10-13-4-3-5-14(11-13)15-6-8-17-9-7-16/h12-16H,3-11H2,1-2H3. The van der Waals surface area contributed by atoms with Crippen molar-refractivity contribution in [2.45, 2.75) is 52.0 Å². The third kappa shape index (κ3) is 7.02. The van der Waals surface area contributed by atoms with Gasteiger partial charge in [0.05, 0.1) is 19.8 Å². The van der Waals surface area contributed by atoms with E-state index in [0.717, 1.165) is 18.4 Å². The van der Waals surface area contributed by atoms with E-state index in [-0.39, 0.29) is 6.61 Å². The van der Waals surface area contributed by atoms with Crippen LogP contribution in [0.3, 0.4) is 0 Å². The SMILES string of the molecule is CC(C)CC1CCCC(NCCOCCO)C1. The second-order valence-corrected chi connectivity index (χ2v) is 5.65. The molecule has 1 aliphatic carbocycles. The third-order valence-corrected chi connectivity index (χ3v) is 3.50. The number of aliphatic hydroxyl groups is 1. The number of hydrogen-bond donors (Lipinski definition) is 2. The summed E-state index contributed by atoms with van der Waals surface area (Å²) in [5.41, 5.74) is 0. The topological polar surface area (TPSA) is 41.5 Å². The maximum atomic E-state index is 8.59. The van der Waals surface area contributed by atoms with Gasteiger partial charge in [-0.25, -0.2) is 0 Å². The van der Waals surface area contributed by atoms with Crippen LogP contribution in [0.4, 0.5) is 0 Å². The van der Waals surface area contributed by atoms with Gasteiger partial charge in [-0.3, -0.25) is 0 Å². The van der Waals surface area contributed by atoms with E-state index in [1.54, 1.807) is 0 Å². The van der Waals surface area contributed by atoms with Gasteiger partial charge in [0, 0.05) is 12.6 Å². The molecule has 0 heterocycles. The summed E-state index contributed by atoms with van der Waals surface area (Å²) in [6.07, 6.45) is 6.80. The molecule has 2 N–H and O–H groups in total. The summed E-state index contributed by atoms with van der Waals surface area (Å²) in [4.78, 5) is 0. The van der Waals surface area contributed by atoms with Crippen molar-refractivity contribution in [3.05, 3.63) is 0 Å². The Bertz CT molecular complexity index is 185. The van der Waals surface area contributed by atoms with Gasteiger partial charge in [-0.2, -0.15) is 0 Å². The lowest BCUT2D eigenvalue weighted by atomic mass is 9.81. The number of ether oxygens (including phenoxy) is 1. The van der Waals surface area contributed by atoms with Gasteiger partial charge in [0.25, 0.3) is 0 Å². The lowest BCUT2D eigenvalue weighted by Gasteiger charge is -2.30. The Kier molecular flexibility index (Phi) is 7.82. The monoisotopic (exact) mass is 243 g/mol. The minimum Gasteiger partial charge on any atom is -0.394 e. The van der Waals surface area contributed by atoms with E-state index < -0.39 is 0 Å². The number of hydrogen-bond acceptors (Lipinski definition) is 3. The van der Waals surface area contributed by atoms with Crippen LogP contribution >= 0.6 is 0 Å². The molecule has 2 unspecified atom stereocenters. The highest BCUT2D eigenvalue weighted by atomic mass is 16.5. The molecule has 0 aromatic carbocycles. The first-order valence-electron chi connectivity index (χ1n) is 7.14. The van der Waals surface area contributed by atoms with Gasteiger partial charge in [-0.05, 0) is 31.1 Å². The summed E-state index contributed by atoms with van der Waals surface area (Å²) < 4.78 is 5.25.